The lowest BCUT2D eigenvalue weighted by molar-refractivity contribution is 0.0893. The number of pyridine rings is 1. The van der Waals surface area contributed by atoms with Crippen LogP contribution in [-0.2, 0) is 25.0 Å². The number of aromatic amines is 1. The number of fused-ring (bicyclic) bond motifs is 1. The van der Waals surface area contributed by atoms with Gasteiger partial charge in [-0.15, -0.1) is 0 Å². The third-order valence-electron chi connectivity index (χ3n) is 7.60. The molecule has 0 spiro atoms. The fourth-order valence-electron chi connectivity index (χ4n) is 5.51. The highest BCUT2D eigenvalue weighted by molar-refractivity contribution is 7.99. The summed E-state index contributed by atoms with van der Waals surface area (Å²) in [5, 5.41) is -3.11. The minimum absolute atomic E-state index is 0.0566. The molecule has 1 N–H and O–H groups in total. The van der Waals surface area contributed by atoms with Crippen LogP contribution in [0, 0.1) is 6.92 Å². The van der Waals surface area contributed by atoms with E-state index < -0.39 is 16.6 Å². The molecule has 0 saturated carbocycles. The average Bonchev–Trinajstić information content (AvgIpc) is 3.35. The molecule has 1 saturated heterocycles. The van der Waals surface area contributed by atoms with Crippen LogP contribution in [-0.4, -0.2) is 47.6 Å². The largest absolute Gasteiger partial charge is 0.494 e. The van der Waals surface area contributed by atoms with Crippen LogP contribution in [0.5, 0.6) is 5.75 Å². The molecule has 1 fully saturated rings. The highest BCUT2D eigenvalue weighted by Crippen LogP contribution is 2.43. The zero-order valence-electron chi connectivity index (χ0n) is 23.2. The number of nitrogens with zero attached hydrogens (tertiary/aromatic N) is 3. The highest BCUT2D eigenvalue weighted by Gasteiger charge is 2.34. The van der Waals surface area contributed by atoms with E-state index in [0.29, 0.717) is 53.4 Å². The molecule has 3 heterocycles. The second kappa shape index (κ2) is 12.2. The van der Waals surface area contributed by atoms with Gasteiger partial charge in [0.15, 0.2) is 0 Å². The lowest BCUT2D eigenvalue weighted by Gasteiger charge is -2.36. The van der Waals surface area contributed by atoms with Crippen molar-refractivity contribution in [2.24, 2.45) is 0 Å². The van der Waals surface area contributed by atoms with Crippen molar-refractivity contribution in [2.45, 2.75) is 55.1 Å². The van der Waals surface area contributed by atoms with E-state index in [1.807, 2.05) is 29.7 Å². The maximum Gasteiger partial charge on any atom is 0.362 e. The van der Waals surface area contributed by atoms with E-state index in [9.17, 15) is 18.4 Å². The van der Waals surface area contributed by atoms with E-state index in [1.54, 1.807) is 30.2 Å². The van der Waals surface area contributed by atoms with Crippen molar-refractivity contribution in [3.63, 3.8) is 0 Å². The molecule has 0 aliphatic carbocycles. The van der Waals surface area contributed by atoms with Gasteiger partial charge >= 0.3 is 11.4 Å². The topological polar surface area (TPSA) is 68.9 Å². The molecule has 7 nitrogen and oxygen atoms in total. The maximum absolute atomic E-state index is 14.1. The first-order valence-electron chi connectivity index (χ1n) is 13.4. The van der Waals surface area contributed by atoms with E-state index in [4.69, 9.17) is 39.5 Å². The van der Waals surface area contributed by atoms with Gasteiger partial charge in [-0.3, -0.25) is 14.6 Å². The molecule has 1 aromatic heterocycles. The first-order valence-corrected chi connectivity index (χ1v) is 15.3. The summed E-state index contributed by atoms with van der Waals surface area (Å²) in [6.07, 6.45) is 0.848. The van der Waals surface area contributed by atoms with Crippen molar-refractivity contribution >= 4 is 58.3 Å². The van der Waals surface area contributed by atoms with Gasteiger partial charge in [0.05, 0.1) is 22.8 Å². The van der Waals surface area contributed by atoms with Crippen LogP contribution in [0.4, 0.5) is 19.3 Å². The number of H-pyrrole nitrogens is 1. The van der Waals surface area contributed by atoms with Crippen molar-refractivity contribution in [3.8, 4) is 5.75 Å². The fraction of sp³-hybridized carbons (Fsp3) is 0.379. The Labute approximate surface area is 261 Å². The van der Waals surface area contributed by atoms with Crippen LogP contribution in [0.3, 0.4) is 0 Å². The molecule has 2 amide bonds. The Hall–Kier alpha value is -2.50. The zero-order chi connectivity index (χ0) is 30.3. The summed E-state index contributed by atoms with van der Waals surface area (Å²) < 4.78 is 34.0. The second-order valence-corrected chi connectivity index (χ2v) is 12.6. The van der Waals surface area contributed by atoms with Gasteiger partial charge in [-0.25, -0.2) is 4.79 Å². The Kier molecular flexibility index (Phi) is 9.02. The van der Waals surface area contributed by atoms with Gasteiger partial charge in [0.25, 0.3) is 5.56 Å². The van der Waals surface area contributed by atoms with E-state index in [-0.39, 0.29) is 23.0 Å². The lowest BCUT2D eigenvalue weighted by atomic mass is 10.0. The van der Waals surface area contributed by atoms with Crippen LogP contribution in [0.25, 0.3) is 0 Å². The number of urea groups is 1. The fourth-order valence-corrected chi connectivity index (χ4v) is 7.25. The van der Waals surface area contributed by atoms with Gasteiger partial charge in [-0.2, -0.15) is 8.78 Å². The van der Waals surface area contributed by atoms with Crippen molar-refractivity contribution < 1.29 is 18.3 Å². The Bertz CT molecular complexity index is 1580. The number of methoxy groups -OCH3 is 1. The van der Waals surface area contributed by atoms with Crippen molar-refractivity contribution in [3.05, 3.63) is 78.7 Å². The van der Waals surface area contributed by atoms with Crippen molar-refractivity contribution in [1.29, 1.82) is 0 Å². The first-order chi connectivity index (χ1) is 19.9. The van der Waals surface area contributed by atoms with Crippen LogP contribution in [0.15, 0.2) is 44.9 Å². The van der Waals surface area contributed by atoms with E-state index in [1.165, 1.54) is 6.07 Å². The number of alkyl halides is 3. The van der Waals surface area contributed by atoms with Gasteiger partial charge in [0.1, 0.15) is 11.4 Å². The Morgan fingerprint density at radius 2 is 1.83 bits per heavy atom. The van der Waals surface area contributed by atoms with Gasteiger partial charge < -0.3 is 14.6 Å². The monoisotopic (exact) mass is 656 g/mol. The molecular formula is C29H29Cl3F2N4O3S. The smallest absolute Gasteiger partial charge is 0.362 e. The number of amides is 2. The number of carbonyl (C=O) groups excluding carboxylic acids is 1. The number of anilines is 1. The molecule has 0 atom stereocenters. The Morgan fingerprint density at radius 3 is 2.48 bits per heavy atom. The number of hydrogen-bond acceptors (Lipinski definition) is 5. The second-order valence-electron chi connectivity index (χ2n) is 10.2. The van der Waals surface area contributed by atoms with E-state index in [0.717, 1.165) is 40.6 Å². The normalized spacial score (nSPS) is 15.9. The molecule has 224 valence electrons. The molecular weight excluding hydrogens is 629 g/mol. The Morgan fingerprint density at radius 1 is 1.12 bits per heavy atom. The summed E-state index contributed by atoms with van der Waals surface area (Å²) >= 11 is 19.1. The molecule has 3 aromatic rings. The van der Waals surface area contributed by atoms with Crippen molar-refractivity contribution in [1.82, 2.24) is 14.8 Å². The minimum Gasteiger partial charge on any atom is -0.494 e. The number of nitrogens with one attached hydrogen (secondary N) is 1. The number of benzene rings is 2. The van der Waals surface area contributed by atoms with Crippen LogP contribution >= 0.6 is 46.6 Å². The summed E-state index contributed by atoms with van der Waals surface area (Å²) in [6.45, 7) is 6.98. The van der Waals surface area contributed by atoms with Crippen LogP contribution in [0.2, 0.25) is 10.0 Å². The van der Waals surface area contributed by atoms with Gasteiger partial charge in [0.2, 0.25) is 0 Å². The van der Waals surface area contributed by atoms with E-state index in [2.05, 4.69) is 4.98 Å². The maximum atomic E-state index is 14.1. The number of hydrogen-bond donors (Lipinski definition) is 1. The summed E-state index contributed by atoms with van der Waals surface area (Å²) in [4.78, 5) is 35.0. The number of rotatable bonds is 8. The van der Waals surface area contributed by atoms with Crippen LogP contribution in [0.1, 0.15) is 41.3 Å². The number of aromatic nitrogens is 1. The lowest BCUT2D eigenvalue weighted by Crippen LogP contribution is -2.49. The molecule has 2 aliphatic rings. The standard InChI is InChI=1S/C29H29Cl3F2N4O3S/c1-4-37-9-6-10-38(28(37)40)22-11-17-13-36(14-18(17)16(2)25(22)41-3)15-19-23(12-24(29(32,33)34)35-27(19)39)42-26-20(30)7-5-8-21(26)31/h5,7-8,11-12H,4,6,9-10,13-15H2,1-3H3,(H,35,39). The molecule has 42 heavy (non-hydrogen) atoms. The predicted molar refractivity (Wildman–Crippen MR) is 163 cm³/mol. The molecule has 0 unspecified atom stereocenters. The molecule has 2 aliphatic heterocycles. The molecule has 0 bridgehead atoms. The Balaban J connectivity index is 1.50. The summed E-state index contributed by atoms with van der Waals surface area (Å²) in [7, 11) is 1.59. The molecule has 2 aromatic carbocycles. The quantitative estimate of drug-likeness (QED) is 0.253. The number of ether oxygens (including phenoxy) is 1. The summed E-state index contributed by atoms with van der Waals surface area (Å²) in [5.74, 6) is 0.637. The highest BCUT2D eigenvalue weighted by atomic mass is 35.5. The number of carbonyl (C=O) groups is 1. The number of halogens is 5. The summed E-state index contributed by atoms with van der Waals surface area (Å²) in [5.41, 5.74) is 2.56. The van der Waals surface area contributed by atoms with Gasteiger partial charge in [-0.05, 0) is 72.8 Å². The molecule has 13 heteroatoms. The predicted octanol–water partition coefficient (Wildman–Crippen LogP) is 7.61. The third-order valence-corrected chi connectivity index (χ3v) is 9.89. The summed E-state index contributed by atoms with van der Waals surface area (Å²) in [6, 6.07) is 8.05. The average molecular weight is 658 g/mol. The van der Waals surface area contributed by atoms with Gasteiger partial charge in [0, 0.05) is 54.6 Å². The molecule has 5 rings (SSSR count). The van der Waals surface area contributed by atoms with Gasteiger partial charge in [-0.1, -0.05) is 41.0 Å². The zero-order valence-corrected chi connectivity index (χ0v) is 26.3. The van der Waals surface area contributed by atoms with Crippen LogP contribution < -0.4 is 15.2 Å². The first kappa shape index (κ1) is 30.9. The SMILES string of the molecule is CCN1CCCN(c2cc3c(c(C)c2OC)CN(Cc2c(Sc4c(Cl)cccc4Cl)cc(C(F)(F)Cl)[nH]c2=O)C3)C1=O. The third kappa shape index (κ3) is 5.97. The van der Waals surface area contributed by atoms with E-state index >= 15 is 0 Å². The molecule has 0 radical (unpaired) electrons. The minimum atomic E-state index is -3.77. The van der Waals surface area contributed by atoms with Crippen molar-refractivity contribution in [2.75, 3.05) is 31.6 Å².